The van der Waals surface area contributed by atoms with Gasteiger partial charge in [0.05, 0.1) is 5.92 Å². The van der Waals surface area contributed by atoms with E-state index in [1.807, 2.05) is 25.1 Å². The first kappa shape index (κ1) is 17.7. The SMILES string of the molecule is Cc1c(Cl)cccc1NC(=O)C1CC(=O)N(Cc2ccc3c(c2)OCO3)C1. The van der Waals surface area contributed by atoms with Gasteiger partial charge >= 0.3 is 0 Å². The molecule has 1 atom stereocenters. The van der Waals surface area contributed by atoms with Crippen molar-refractivity contribution >= 4 is 29.1 Å². The maximum absolute atomic E-state index is 12.6. The van der Waals surface area contributed by atoms with Crippen molar-refractivity contribution < 1.29 is 19.1 Å². The number of halogens is 1. The van der Waals surface area contributed by atoms with Gasteiger partial charge in [0.15, 0.2) is 11.5 Å². The molecule has 140 valence electrons. The maximum Gasteiger partial charge on any atom is 0.231 e. The number of amides is 2. The molecule has 4 rings (SSSR count). The van der Waals surface area contributed by atoms with Crippen molar-refractivity contribution in [2.75, 3.05) is 18.7 Å². The molecule has 7 heteroatoms. The van der Waals surface area contributed by atoms with E-state index in [1.165, 1.54) is 0 Å². The Morgan fingerprint density at radius 2 is 2.07 bits per heavy atom. The summed E-state index contributed by atoms with van der Waals surface area (Å²) >= 11 is 6.10. The fourth-order valence-corrected chi connectivity index (χ4v) is 3.51. The number of likely N-dealkylation sites (tertiary alicyclic amines) is 1. The molecule has 1 unspecified atom stereocenters. The van der Waals surface area contributed by atoms with E-state index >= 15 is 0 Å². The predicted molar refractivity (Wildman–Crippen MR) is 101 cm³/mol. The van der Waals surface area contributed by atoms with Crippen molar-refractivity contribution in [3.05, 3.63) is 52.5 Å². The fourth-order valence-electron chi connectivity index (χ4n) is 3.34. The van der Waals surface area contributed by atoms with Gasteiger partial charge < -0.3 is 19.7 Å². The van der Waals surface area contributed by atoms with Crippen LogP contribution >= 0.6 is 11.6 Å². The molecule has 0 aliphatic carbocycles. The summed E-state index contributed by atoms with van der Waals surface area (Å²) in [5.41, 5.74) is 2.43. The Morgan fingerprint density at radius 1 is 1.26 bits per heavy atom. The van der Waals surface area contributed by atoms with Crippen LogP contribution in [0, 0.1) is 12.8 Å². The summed E-state index contributed by atoms with van der Waals surface area (Å²) < 4.78 is 10.7. The van der Waals surface area contributed by atoms with Crippen molar-refractivity contribution in [2.24, 2.45) is 5.92 Å². The fraction of sp³-hybridized carbons (Fsp3) is 0.300. The average molecular weight is 387 g/mol. The normalized spacial score (nSPS) is 18.1. The lowest BCUT2D eigenvalue weighted by Crippen LogP contribution is -2.28. The lowest BCUT2D eigenvalue weighted by molar-refractivity contribution is -0.128. The van der Waals surface area contributed by atoms with Crippen LogP contribution in [0.2, 0.25) is 5.02 Å². The number of hydrogen-bond acceptors (Lipinski definition) is 4. The number of benzene rings is 2. The number of nitrogens with zero attached hydrogens (tertiary/aromatic N) is 1. The van der Waals surface area contributed by atoms with Crippen LogP contribution in [0.4, 0.5) is 5.69 Å². The van der Waals surface area contributed by atoms with Crippen LogP contribution in [0.25, 0.3) is 0 Å². The highest BCUT2D eigenvalue weighted by atomic mass is 35.5. The molecule has 0 spiro atoms. The highest BCUT2D eigenvalue weighted by Crippen LogP contribution is 2.33. The lowest BCUT2D eigenvalue weighted by atomic mass is 10.1. The second-order valence-electron chi connectivity index (χ2n) is 6.76. The van der Waals surface area contributed by atoms with Gasteiger partial charge in [-0.25, -0.2) is 0 Å². The predicted octanol–water partition coefficient (Wildman–Crippen LogP) is 3.36. The molecule has 2 heterocycles. The minimum absolute atomic E-state index is 0.0318. The number of rotatable bonds is 4. The standard InChI is InChI=1S/C20H19ClN2O4/c1-12-15(21)3-2-4-16(12)22-20(25)14-8-19(24)23(10-14)9-13-5-6-17-18(7-13)27-11-26-17/h2-7,14H,8-11H2,1H3,(H,22,25). The number of fused-ring (bicyclic) bond motifs is 1. The minimum atomic E-state index is -0.384. The summed E-state index contributed by atoms with van der Waals surface area (Å²) in [7, 11) is 0. The number of nitrogens with one attached hydrogen (secondary N) is 1. The highest BCUT2D eigenvalue weighted by Gasteiger charge is 2.34. The van der Waals surface area contributed by atoms with Gasteiger partial charge in [-0.15, -0.1) is 0 Å². The van der Waals surface area contributed by atoms with Gasteiger partial charge in [0.2, 0.25) is 18.6 Å². The molecule has 6 nitrogen and oxygen atoms in total. The van der Waals surface area contributed by atoms with Crippen LogP contribution in [-0.4, -0.2) is 30.1 Å². The number of hydrogen-bond donors (Lipinski definition) is 1. The second-order valence-corrected chi connectivity index (χ2v) is 7.17. The molecule has 27 heavy (non-hydrogen) atoms. The Kier molecular flexibility index (Phi) is 4.66. The molecule has 1 fully saturated rings. The molecule has 1 saturated heterocycles. The summed E-state index contributed by atoms with van der Waals surface area (Å²) in [5, 5.41) is 3.49. The highest BCUT2D eigenvalue weighted by molar-refractivity contribution is 6.31. The minimum Gasteiger partial charge on any atom is -0.454 e. The molecule has 0 bridgehead atoms. The van der Waals surface area contributed by atoms with Gasteiger partial charge in [0.1, 0.15) is 0 Å². The average Bonchev–Trinajstić information content (AvgIpc) is 3.25. The zero-order valence-corrected chi connectivity index (χ0v) is 15.6. The summed E-state index contributed by atoms with van der Waals surface area (Å²) in [5.74, 6) is 0.813. The van der Waals surface area contributed by atoms with Gasteiger partial charge in [0.25, 0.3) is 0 Å². The molecule has 2 aliphatic heterocycles. The second kappa shape index (κ2) is 7.12. The molecule has 0 saturated carbocycles. The number of anilines is 1. The number of carbonyl (C=O) groups excluding carboxylic acids is 2. The largest absolute Gasteiger partial charge is 0.454 e. The number of ether oxygens (including phenoxy) is 2. The zero-order chi connectivity index (χ0) is 19.0. The molecular weight excluding hydrogens is 368 g/mol. The smallest absolute Gasteiger partial charge is 0.231 e. The van der Waals surface area contributed by atoms with E-state index in [0.717, 1.165) is 11.1 Å². The van der Waals surface area contributed by atoms with E-state index in [2.05, 4.69) is 5.32 Å². The van der Waals surface area contributed by atoms with Gasteiger partial charge in [-0.05, 0) is 42.3 Å². The third kappa shape index (κ3) is 3.57. The molecule has 1 N–H and O–H groups in total. The van der Waals surface area contributed by atoms with Crippen molar-refractivity contribution in [1.82, 2.24) is 4.90 Å². The quantitative estimate of drug-likeness (QED) is 0.874. The third-order valence-electron chi connectivity index (χ3n) is 4.92. The first-order valence-electron chi connectivity index (χ1n) is 8.73. The van der Waals surface area contributed by atoms with Crippen molar-refractivity contribution in [2.45, 2.75) is 19.9 Å². The van der Waals surface area contributed by atoms with E-state index in [0.29, 0.717) is 35.3 Å². The summed E-state index contributed by atoms with van der Waals surface area (Å²) in [6.07, 6.45) is 0.204. The zero-order valence-electron chi connectivity index (χ0n) is 14.8. The monoisotopic (exact) mass is 386 g/mol. The van der Waals surface area contributed by atoms with Crippen LogP contribution in [0.3, 0.4) is 0 Å². The Labute approximate surface area is 162 Å². The first-order valence-corrected chi connectivity index (χ1v) is 9.11. The van der Waals surface area contributed by atoms with Crippen LogP contribution in [0.5, 0.6) is 11.5 Å². The van der Waals surface area contributed by atoms with Crippen molar-refractivity contribution in [3.63, 3.8) is 0 Å². The van der Waals surface area contributed by atoms with Gasteiger partial charge in [0, 0.05) is 30.2 Å². The molecule has 2 amide bonds. The summed E-state index contributed by atoms with van der Waals surface area (Å²) in [6, 6.07) is 11.0. The summed E-state index contributed by atoms with van der Waals surface area (Å²) in [6.45, 7) is 2.89. The van der Waals surface area contributed by atoms with E-state index in [1.54, 1.807) is 23.1 Å². The van der Waals surface area contributed by atoms with Crippen LogP contribution in [-0.2, 0) is 16.1 Å². The summed E-state index contributed by atoms with van der Waals surface area (Å²) in [4.78, 5) is 26.7. The Balaban J connectivity index is 1.41. The molecule has 2 aromatic rings. The molecule has 0 aromatic heterocycles. The van der Waals surface area contributed by atoms with E-state index in [-0.39, 0.29) is 30.9 Å². The first-order chi connectivity index (χ1) is 13.0. The van der Waals surface area contributed by atoms with E-state index in [4.69, 9.17) is 21.1 Å². The van der Waals surface area contributed by atoms with Gasteiger partial charge in [-0.3, -0.25) is 9.59 Å². The van der Waals surface area contributed by atoms with Crippen LogP contribution < -0.4 is 14.8 Å². The van der Waals surface area contributed by atoms with Crippen LogP contribution in [0.1, 0.15) is 17.5 Å². The van der Waals surface area contributed by atoms with Crippen LogP contribution in [0.15, 0.2) is 36.4 Å². The maximum atomic E-state index is 12.6. The molecular formula is C20H19ClN2O4. The Bertz CT molecular complexity index is 915. The van der Waals surface area contributed by atoms with Crippen molar-refractivity contribution in [1.29, 1.82) is 0 Å². The van der Waals surface area contributed by atoms with Gasteiger partial charge in [-0.2, -0.15) is 0 Å². The third-order valence-corrected chi connectivity index (χ3v) is 5.33. The van der Waals surface area contributed by atoms with E-state index in [9.17, 15) is 9.59 Å². The topological polar surface area (TPSA) is 67.9 Å². The molecule has 2 aromatic carbocycles. The van der Waals surface area contributed by atoms with E-state index < -0.39 is 0 Å². The van der Waals surface area contributed by atoms with Crippen molar-refractivity contribution in [3.8, 4) is 11.5 Å². The molecule has 2 aliphatic rings. The van der Waals surface area contributed by atoms with Gasteiger partial charge in [-0.1, -0.05) is 23.7 Å². The Hall–Kier alpha value is -2.73. The Morgan fingerprint density at radius 3 is 2.93 bits per heavy atom. The number of carbonyl (C=O) groups is 2. The lowest BCUT2D eigenvalue weighted by Gasteiger charge is -2.17. The molecule has 0 radical (unpaired) electrons.